The normalized spacial score (nSPS) is 12.0. The van der Waals surface area contributed by atoms with Crippen molar-refractivity contribution in [2.45, 2.75) is 6.92 Å². The third-order valence-corrected chi connectivity index (χ3v) is 2.61. The quantitative estimate of drug-likeness (QED) is 0.681. The molecule has 1 heteroatoms. The molecule has 2 aromatic rings. The third kappa shape index (κ3) is 1.91. The largest absolute Gasteiger partial charge is 0.246 e. The fraction of sp³-hybridized carbons (Fsp3) is 0.143. The Labute approximate surface area is 89.0 Å². The van der Waals surface area contributed by atoms with Gasteiger partial charge in [0.25, 0.3) is 0 Å². The minimum atomic E-state index is -0.408. The zero-order valence-corrected chi connectivity index (χ0v) is 8.70. The predicted molar refractivity (Wildman–Crippen MR) is 63.6 cm³/mol. The molecule has 0 aliphatic heterocycles. The topological polar surface area (TPSA) is 0 Å². The maximum absolute atomic E-state index is 12.7. The van der Waals surface area contributed by atoms with Crippen molar-refractivity contribution in [1.29, 1.82) is 0 Å². The first kappa shape index (κ1) is 9.91. The molecule has 0 aliphatic rings. The summed E-state index contributed by atoms with van der Waals surface area (Å²) in [5.74, 6) is 0. The molecule has 0 radical (unpaired) electrons. The summed E-state index contributed by atoms with van der Waals surface area (Å²) < 4.78 is 12.7. The first-order chi connectivity index (χ1) is 7.35. The smallest absolute Gasteiger partial charge is 0.115 e. The van der Waals surface area contributed by atoms with E-state index in [1.54, 1.807) is 0 Å². The number of alkyl halides is 1. The van der Waals surface area contributed by atoms with Crippen molar-refractivity contribution >= 4 is 16.3 Å². The van der Waals surface area contributed by atoms with E-state index in [4.69, 9.17) is 0 Å². The van der Waals surface area contributed by atoms with Crippen LogP contribution in [0.15, 0.2) is 48.5 Å². The van der Waals surface area contributed by atoms with Crippen molar-refractivity contribution in [3.63, 3.8) is 0 Å². The Morgan fingerprint density at radius 2 is 1.87 bits per heavy atom. The minimum absolute atomic E-state index is 0.408. The second-order valence-electron chi connectivity index (χ2n) is 3.51. The number of halogens is 1. The van der Waals surface area contributed by atoms with E-state index in [-0.39, 0.29) is 0 Å². The number of hydrogen-bond acceptors (Lipinski definition) is 0. The Morgan fingerprint density at radius 1 is 1.13 bits per heavy atom. The van der Waals surface area contributed by atoms with Gasteiger partial charge < -0.3 is 0 Å². The lowest BCUT2D eigenvalue weighted by Gasteiger charge is -2.04. The van der Waals surface area contributed by atoms with E-state index < -0.39 is 6.67 Å². The molecule has 0 nitrogen and oxygen atoms in total. The van der Waals surface area contributed by atoms with Crippen molar-refractivity contribution in [1.82, 2.24) is 0 Å². The Balaban J connectivity index is 2.56. The molecule has 0 aromatic heterocycles. The van der Waals surface area contributed by atoms with Gasteiger partial charge >= 0.3 is 0 Å². The third-order valence-electron chi connectivity index (χ3n) is 2.61. The summed E-state index contributed by atoms with van der Waals surface area (Å²) in [6.07, 6.45) is 1.82. The van der Waals surface area contributed by atoms with Crippen LogP contribution in [0.1, 0.15) is 12.5 Å². The minimum Gasteiger partial charge on any atom is -0.246 e. The average molecular weight is 200 g/mol. The van der Waals surface area contributed by atoms with Gasteiger partial charge in [-0.05, 0) is 34.9 Å². The summed E-state index contributed by atoms with van der Waals surface area (Å²) in [6.45, 7) is 1.46. The molecule has 2 rings (SSSR count). The second-order valence-corrected chi connectivity index (χ2v) is 3.51. The molecule has 0 atom stereocenters. The highest BCUT2D eigenvalue weighted by molar-refractivity contribution is 5.86. The Morgan fingerprint density at radius 3 is 2.53 bits per heavy atom. The average Bonchev–Trinajstić information content (AvgIpc) is 2.30. The van der Waals surface area contributed by atoms with E-state index in [1.807, 2.05) is 49.4 Å². The van der Waals surface area contributed by atoms with E-state index in [0.29, 0.717) is 0 Å². The van der Waals surface area contributed by atoms with Gasteiger partial charge in [-0.2, -0.15) is 0 Å². The molecule has 0 N–H and O–H groups in total. The molecule has 0 amide bonds. The van der Waals surface area contributed by atoms with Gasteiger partial charge in [0.15, 0.2) is 0 Å². The Hall–Kier alpha value is -1.63. The molecule has 15 heavy (non-hydrogen) atoms. The van der Waals surface area contributed by atoms with Gasteiger partial charge in [-0.15, -0.1) is 0 Å². The van der Waals surface area contributed by atoms with Crippen LogP contribution in [-0.2, 0) is 0 Å². The molecular weight excluding hydrogens is 187 g/mol. The number of allylic oxidation sites excluding steroid dienone is 2. The summed E-state index contributed by atoms with van der Waals surface area (Å²) in [5.41, 5.74) is 1.72. The van der Waals surface area contributed by atoms with Crippen LogP contribution >= 0.6 is 0 Å². The van der Waals surface area contributed by atoms with Crippen molar-refractivity contribution in [2.75, 3.05) is 6.67 Å². The monoisotopic (exact) mass is 200 g/mol. The predicted octanol–water partition coefficient (Wildman–Crippen LogP) is 4.21. The van der Waals surface area contributed by atoms with Gasteiger partial charge in [0.1, 0.15) is 6.67 Å². The van der Waals surface area contributed by atoms with Crippen LogP contribution in [0.3, 0.4) is 0 Å². The summed E-state index contributed by atoms with van der Waals surface area (Å²) in [5, 5.41) is 2.35. The van der Waals surface area contributed by atoms with Crippen molar-refractivity contribution in [3.05, 3.63) is 54.1 Å². The Kier molecular flexibility index (Phi) is 2.82. The van der Waals surface area contributed by atoms with Crippen LogP contribution in [-0.4, -0.2) is 6.67 Å². The number of benzene rings is 2. The van der Waals surface area contributed by atoms with E-state index in [0.717, 1.165) is 16.5 Å². The fourth-order valence-corrected chi connectivity index (χ4v) is 1.71. The molecule has 0 saturated carbocycles. The highest BCUT2D eigenvalue weighted by Crippen LogP contribution is 2.21. The van der Waals surface area contributed by atoms with Crippen LogP contribution in [0.5, 0.6) is 0 Å². The molecule has 0 bridgehead atoms. The SMILES string of the molecule is CC=C(CF)c1ccc2ccccc2c1. The number of hydrogen-bond donors (Lipinski definition) is 0. The molecule has 0 spiro atoms. The molecule has 76 valence electrons. The summed E-state index contributed by atoms with van der Waals surface area (Å²) in [7, 11) is 0. The zero-order valence-electron chi connectivity index (χ0n) is 8.70. The zero-order chi connectivity index (χ0) is 10.7. The van der Waals surface area contributed by atoms with Gasteiger partial charge in [0.05, 0.1) is 0 Å². The van der Waals surface area contributed by atoms with Crippen LogP contribution in [0.2, 0.25) is 0 Å². The van der Waals surface area contributed by atoms with Crippen molar-refractivity contribution in [2.24, 2.45) is 0 Å². The van der Waals surface area contributed by atoms with Gasteiger partial charge in [0, 0.05) is 0 Å². The van der Waals surface area contributed by atoms with Crippen LogP contribution in [0.25, 0.3) is 16.3 Å². The van der Waals surface area contributed by atoms with Crippen molar-refractivity contribution < 1.29 is 4.39 Å². The van der Waals surface area contributed by atoms with Crippen molar-refractivity contribution in [3.8, 4) is 0 Å². The van der Waals surface area contributed by atoms with Crippen LogP contribution in [0.4, 0.5) is 4.39 Å². The Bertz CT molecular complexity index is 497. The second kappa shape index (κ2) is 4.26. The van der Waals surface area contributed by atoms with Gasteiger partial charge in [-0.3, -0.25) is 0 Å². The summed E-state index contributed by atoms with van der Waals surface area (Å²) in [4.78, 5) is 0. The standard InChI is InChI=1S/C14H13F/c1-2-11(10-15)14-8-7-12-5-3-4-6-13(12)9-14/h2-9H,10H2,1H3. The molecule has 0 fully saturated rings. The molecule has 0 heterocycles. The first-order valence-electron chi connectivity index (χ1n) is 5.05. The van der Waals surface area contributed by atoms with E-state index >= 15 is 0 Å². The fourth-order valence-electron chi connectivity index (χ4n) is 1.71. The molecule has 0 saturated heterocycles. The van der Waals surface area contributed by atoms with Gasteiger partial charge in [-0.25, -0.2) is 4.39 Å². The van der Waals surface area contributed by atoms with Gasteiger partial charge in [-0.1, -0.05) is 42.5 Å². The highest BCUT2D eigenvalue weighted by Gasteiger charge is 2.00. The molecule has 0 aliphatic carbocycles. The lowest BCUT2D eigenvalue weighted by molar-refractivity contribution is 0.571. The first-order valence-corrected chi connectivity index (χ1v) is 5.05. The van der Waals surface area contributed by atoms with E-state index in [2.05, 4.69) is 6.07 Å². The van der Waals surface area contributed by atoms with E-state index in [9.17, 15) is 4.39 Å². The number of rotatable bonds is 2. The van der Waals surface area contributed by atoms with Crippen LogP contribution in [0, 0.1) is 0 Å². The summed E-state index contributed by atoms with van der Waals surface area (Å²) >= 11 is 0. The molecular formula is C14H13F. The summed E-state index contributed by atoms with van der Waals surface area (Å²) in [6, 6.07) is 14.1. The lowest BCUT2D eigenvalue weighted by Crippen LogP contribution is -1.86. The highest BCUT2D eigenvalue weighted by atomic mass is 19.1. The van der Waals surface area contributed by atoms with E-state index in [1.165, 1.54) is 5.39 Å². The van der Waals surface area contributed by atoms with Crippen LogP contribution < -0.4 is 0 Å². The molecule has 0 unspecified atom stereocenters. The van der Waals surface area contributed by atoms with Gasteiger partial charge in [0.2, 0.25) is 0 Å². The molecule has 2 aromatic carbocycles. The maximum atomic E-state index is 12.7. The lowest BCUT2D eigenvalue weighted by atomic mass is 10.0. The maximum Gasteiger partial charge on any atom is 0.115 e. The number of fused-ring (bicyclic) bond motifs is 1.